The highest BCUT2D eigenvalue weighted by Gasteiger charge is 2.42. The summed E-state index contributed by atoms with van der Waals surface area (Å²) in [5.41, 5.74) is 8.47. The Morgan fingerprint density at radius 3 is 2.94 bits per heavy atom. The lowest BCUT2D eigenvalue weighted by Crippen LogP contribution is -2.44. The zero-order chi connectivity index (χ0) is 13.0. The predicted octanol–water partition coefficient (Wildman–Crippen LogP) is 2.33. The van der Waals surface area contributed by atoms with Crippen molar-refractivity contribution in [3.8, 4) is 0 Å². The molecule has 1 aromatic rings. The normalized spacial score (nSPS) is 23.9. The van der Waals surface area contributed by atoms with Crippen LogP contribution in [0.4, 0.5) is 0 Å². The molecule has 0 radical (unpaired) electrons. The molecule has 3 heteroatoms. The number of aliphatic hydroxyl groups is 1. The van der Waals surface area contributed by atoms with Gasteiger partial charge in [0, 0.05) is 12.0 Å². The number of hydrogen-bond acceptors (Lipinski definition) is 3. The molecule has 1 aliphatic carbocycles. The number of hydrogen-bond donors (Lipinski definition) is 2. The van der Waals surface area contributed by atoms with Gasteiger partial charge in [-0.05, 0) is 48.8 Å². The molecule has 0 aromatic heterocycles. The molecule has 0 aliphatic heterocycles. The first-order valence-corrected chi connectivity index (χ1v) is 8.09. The smallest absolute Gasteiger partial charge is 0.0649 e. The van der Waals surface area contributed by atoms with Gasteiger partial charge >= 0.3 is 0 Å². The summed E-state index contributed by atoms with van der Waals surface area (Å²) in [7, 11) is 0. The van der Waals surface area contributed by atoms with E-state index in [4.69, 9.17) is 5.73 Å². The van der Waals surface area contributed by atoms with Gasteiger partial charge in [0.05, 0.1) is 6.10 Å². The van der Waals surface area contributed by atoms with Gasteiger partial charge < -0.3 is 10.8 Å². The number of nitrogens with two attached hydrogens (primary N) is 1. The molecule has 0 saturated carbocycles. The van der Waals surface area contributed by atoms with Crippen LogP contribution in [0.25, 0.3) is 0 Å². The van der Waals surface area contributed by atoms with Crippen LogP contribution >= 0.6 is 11.8 Å². The fourth-order valence-electron chi connectivity index (χ4n) is 3.11. The Kier molecular flexibility index (Phi) is 4.71. The third kappa shape index (κ3) is 2.44. The molecule has 2 atom stereocenters. The van der Waals surface area contributed by atoms with Gasteiger partial charge in [-0.15, -0.1) is 0 Å². The average Bonchev–Trinajstić information content (AvgIpc) is 2.79. The van der Waals surface area contributed by atoms with Crippen LogP contribution in [0, 0.1) is 0 Å². The Labute approximate surface area is 114 Å². The molecule has 0 saturated heterocycles. The summed E-state index contributed by atoms with van der Waals surface area (Å²) in [4.78, 5) is 0. The Balaban J connectivity index is 2.17. The summed E-state index contributed by atoms with van der Waals surface area (Å²) in [6.07, 6.45) is 5.75. The molecule has 2 rings (SSSR count). The van der Waals surface area contributed by atoms with E-state index in [1.165, 1.54) is 11.1 Å². The summed E-state index contributed by atoms with van der Waals surface area (Å²) < 4.78 is 0. The summed E-state index contributed by atoms with van der Waals surface area (Å²) in [6, 6.07) is 8.45. The average molecular weight is 265 g/mol. The van der Waals surface area contributed by atoms with Gasteiger partial charge in [0.15, 0.2) is 0 Å². The molecule has 0 amide bonds. The van der Waals surface area contributed by atoms with Crippen molar-refractivity contribution in [1.82, 2.24) is 0 Å². The van der Waals surface area contributed by atoms with E-state index in [9.17, 15) is 5.11 Å². The molecule has 0 fully saturated rings. The quantitative estimate of drug-likeness (QED) is 0.776. The van der Waals surface area contributed by atoms with Crippen molar-refractivity contribution in [2.45, 2.75) is 37.2 Å². The summed E-state index contributed by atoms with van der Waals surface area (Å²) in [5, 5.41) is 10.6. The SMILES string of the molecule is CSCCCC(O)C1(CN)CCc2ccccc21. The molecule has 0 bridgehead atoms. The van der Waals surface area contributed by atoms with Crippen molar-refractivity contribution >= 4 is 11.8 Å². The highest BCUT2D eigenvalue weighted by Crippen LogP contribution is 2.42. The third-order valence-electron chi connectivity index (χ3n) is 4.22. The van der Waals surface area contributed by atoms with Crippen LogP contribution in [0.5, 0.6) is 0 Å². The maximum absolute atomic E-state index is 10.6. The van der Waals surface area contributed by atoms with Gasteiger partial charge in [-0.3, -0.25) is 0 Å². The molecular weight excluding hydrogens is 242 g/mol. The molecule has 18 heavy (non-hydrogen) atoms. The second-order valence-corrected chi connectivity index (χ2v) is 6.15. The van der Waals surface area contributed by atoms with Crippen molar-refractivity contribution in [1.29, 1.82) is 0 Å². The minimum absolute atomic E-state index is 0.199. The van der Waals surface area contributed by atoms with E-state index >= 15 is 0 Å². The van der Waals surface area contributed by atoms with E-state index < -0.39 is 0 Å². The van der Waals surface area contributed by atoms with E-state index in [2.05, 4.69) is 30.5 Å². The summed E-state index contributed by atoms with van der Waals surface area (Å²) >= 11 is 1.84. The van der Waals surface area contributed by atoms with E-state index in [1.54, 1.807) is 0 Å². The van der Waals surface area contributed by atoms with Gasteiger partial charge in [0.2, 0.25) is 0 Å². The first kappa shape index (κ1) is 13.9. The largest absolute Gasteiger partial charge is 0.392 e. The Morgan fingerprint density at radius 1 is 1.44 bits per heavy atom. The molecule has 0 heterocycles. The summed E-state index contributed by atoms with van der Waals surface area (Å²) in [6.45, 7) is 0.546. The Morgan fingerprint density at radius 2 is 2.22 bits per heavy atom. The Bertz CT molecular complexity index is 396. The zero-order valence-corrected chi connectivity index (χ0v) is 11.9. The molecule has 2 unspecified atom stereocenters. The molecule has 100 valence electrons. The van der Waals surface area contributed by atoms with Gasteiger partial charge in [-0.25, -0.2) is 0 Å². The second kappa shape index (κ2) is 6.09. The van der Waals surface area contributed by atoms with Crippen molar-refractivity contribution in [3.05, 3.63) is 35.4 Å². The fourth-order valence-corrected chi connectivity index (χ4v) is 3.56. The Hall–Kier alpha value is -0.510. The second-order valence-electron chi connectivity index (χ2n) is 5.17. The first-order valence-electron chi connectivity index (χ1n) is 6.70. The van der Waals surface area contributed by atoms with Crippen LogP contribution in [0.1, 0.15) is 30.4 Å². The number of rotatable bonds is 6. The number of fused-ring (bicyclic) bond motifs is 1. The van der Waals surface area contributed by atoms with Crippen molar-refractivity contribution in [2.75, 3.05) is 18.6 Å². The lowest BCUT2D eigenvalue weighted by atomic mass is 9.75. The van der Waals surface area contributed by atoms with Crippen LogP contribution < -0.4 is 5.73 Å². The molecule has 2 nitrogen and oxygen atoms in total. The van der Waals surface area contributed by atoms with Crippen LogP contribution in [-0.4, -0.2) is 29.8 Å². The minimum atomic E-state index is -0.307. The van der Waals surface area contributed by atoms with Gasteiger partial charge in [-0.1, -0.05) is 24.3 Å². The maximum Gasteiger partial charge on any atom is 0.0649 e. The lowest BCUT2D eigenvalue weighted by molar-refractivity contribution is 0.0758. The van der Waals surface area contributed by atoms with Crippen LogP contribution in [0.3, 0.4) is 0 Å². The first-order chi connectivity index (χ1) is 8.74. The van der Waals surface area contributed by atoms with Gasteiger partial charge in [0.25, 0.3) is 0 Å². The van der Waals surface area contributed by atoms with Crippen molar-refractivity contribution < 1.29 is 5.11 Å². The summed E-state index contributed by atoms with van der Waals surface area (Å²) in [5.74, 6) is 1.11. The molecule has 1 aliphatic rings. The van der Waals surface area contributed by atoms with E-state index in [0.717, 1.165) is 31.4 Å². The zero-order valence-electron chi connectivity index (χ0n) is 11.1. The monoisotopic (exact) mass is 265 g/mol. The highest BCUT2D eigenvalue weighted by atomic mass is 32.2. The molecule has 3 N–H and O–H groups in total. The van der Waals surface area contributed by atoms with Gasteiger partial charge in [0.1, 0.15) is 0 Å². The predicted molar refractivity (Wildman–Crippen MR) is 79.1 cm³/mol. The van der Waals surface area contributed by atoms with E-state index in [-0.39, 0.29) is 11.5 Å². The number of benzene rings is 1. The topological polar surface area (TPSA) is 46.2 Å². The van der Waals surface area contributed by atoms with Gasteiger partial charge in [-0.2, -0.15) is 11.8 Å². The van der Waals surface area contributed by atoms with Crippen molar-refractivity contribution in [3.63, 3.8) is 0 Å². The molecule has 0 spiro atoms. The maximum atomic E-state index is 10.6. The lowest BCUT2D eigenvalue weighted by Gasteiger charge is -2.34. The van der Waals surface area contributed by atoms with Crippen LogP contribution in [0.2, 0.25) is 0 Å². The van der Waals surface area contributed by atoms with E-state index in [0.29, 0.717) is 6.54 Å². The standard InChI is InChI=1S/C15H23NOS/c1-18-10-4-7-14(17)15(11-16)9-8-12-5-2-3-6-13(12)15/h2-3,5-6,14,17H,4,7-11,16H2,1H3. The highest BCUT2D eigenvalue weighted by molar-refractivity contribution is 7.98. The van der Waals surface area contributed by atoms with Crippen LogP contribution in [-0.2, 0) is 11.8 Å². The molecule has 1 aromatic carbocycles. The van der Waals surface area contributed by atoms with Crippen LogP contribution in [0.15, 0.2) is 24.3 Å². The van der Waals surface area contributed by atoms with Crippen molar-refractivity contribution in [2.24, 2.45) is 5.73 Å². The third-order valence-corrected chi connectivity index (χ3v) is 4.92. The number of aryl methyl sites for hydroxylation is 1. The minimum Gasteiger partial charge on any atom is -0.392 e. The fraction of sp³-hybridized carbons (Fsp3) is 0.600. The molecular formula is C15H23NOS. The van der Waals surface area contributed by atoms with E-state index in [1.807, 2.05) is 11.8 Å². The number of aliphatic hydroxyl groups excluding tert-OH is 1. The number of thioether (sulfide) groups is 1.